The lowest BCUT2D eigenvalue weighted by molar-refractivity contribution is -0.169. The number of amides is 1. The molecule has 204 valence electrons. The Bertz CT molecular complexity index is 714. The van der Waals surface area contributed by atoms with Crippen molar-refractivity contribution in [1.29, 1.82) is 0 Å². The number of nitrogens with zero attached hydrogens (tertiary/aromatic N) is 1. The van der Waals surface area contributed by atoms with Gasteiger partial charge in [0.15, 0.2) is 0 Å². The molecule has 1 amide bonds. The summed E-state index contributed by atoms with van der Waals surface area (Å²) in [6.07, 6.45) is 6.40. The van der Waals surface area contributed by atoms with Crippen LogP contribution in [0.1, 0.15) is 46.0 Å². The first-order chi connectivity index (χ1) is 15.5. The first kappa shape index (κ1) is 33.8. The molecule has 3 aliphatic rings. The van der Waals surface area contributed by atoms with Gasteiger partial charge in [-0.1, -0.05) is 7.43 Å². The highest BCUT2D eigenvalue weighted by Crippen LogP contribution is 2.20. The van der Waals surface area contributed by atoms with Crippen molar-refractivity contribution < 1.29 is 26.4 Å². The first-order valence-corrected chi connectivity index (χ1v) is 16.2. The minimum Gasteiger partial charge on any atom is -0.316 e. The van der Waals surface area contributed by atoms with Gasteiger partial charge in [0, 0.05) is 53.4 Å². The summed E-state index contributed by atoms with van der Waals surface area (Å²) in [5.41, 5.74) is 0. The average Bonchev–Trinajstić information content (AvgIpc) is 2.81. The van der Waals surface area contributed by atoms with Crippen LogP contribution in [0.25, 0.3) is 0 Å². The highest BCUT2D eigenvalue weighted by molar-refractivity contribution is 7.99. The summed E-state index contributed by atoms with van der Waals surface area (Å²) in [5, 5.41) is 10.3. The molecule has 3 saturated heterocycles. The van der Waals surface area contributed by atoms with Gasteiger partial charge in [0.2, 0.25) is 0 Å². The molecule has 0 aromatic heterocycles. The summed E-state index contributed by atoms with van der Waals surface area (Å²) in [5.74, 6) is -2.26. The van der Waals surface area contributed by atoms with Crippen LogP contribution in [-0.4, -0.2) is 94.3 Å². The van der Waals surface area contributed by atoms with E-state index in [2.05, 4.69) is 26.6 Å². The molecular weight excluding hydrogens is 509 g/mol. The molecule has 0 radical (unpaired) electrons. The Balaban J connectivity index is 0.000000514. The van der Waals surface area contributed by atoms with Crippen LogP contribution in [0.5, 0.6) is 0 Å². The Morgan fingerprint density at radius 2 is 1.53 bits per heavy atom. The van der Waals surface area contributed by atoms with E-state index in [1.807, 2.05) is 11.8 Å². The Morgan fingerprint density at radius 1 is 1.00 bits per heavy atom. The van der Waals surface area contributed by atoms with Crippen molar-refractivity contribution in [2.45, 2.75) is 67.9 Å². The molecule has 3 aliphatic heterocycles. The van der Waals surface area contributed by atoms with Crippen LogP contribution < -0.4 is 16.0 Å². The number of alkyl halides is 3. The molecule has 5 atom stereocenters. The van der Waals surface area contributed by atoms with Gasteiger partial charge in [-0.15, -0.1) is 0 Å². The predicted octanol–water partition coefficient (Wildman–Crippen LogP) is 2.78. The van der Waals surface area contributed by atoms with Gasteiger partial charge in [0.1, 0.15) is 0 Å². The number of hydrogen-bond acceptors (Lipinski definition) is 7. The van der Waals surface area contributed by atoms with Gasteiger partial charge in [0.25, 0.3) is 0 Å². The minimum absolute atomic E-state index is 0. The third kappa shape index (κ3) is 13.8. The molecule has 0 saturated carbocycles. The number of thioether (sulfide) groups is 1. The summed E-state index contributed by atoms with van der Waals surface area (Å²) in [7, 11) is -3.74. The molecule has 5 unspecified atom stereocenters. The molecule has 3 heterocycles. The lowest BCUT2D eigenvalue weighted by atomic mass is 10.2. The SMILES string of the molecule is C.CS(=O)(=NC(=O)C(F)(F)F)C1CCCNC1.CS(=O)C1CCCNC1.CSC1CCCNC1. The molecule has 0 bridgehead atoms. The molecule has 3 N–H and O–H groups in total. The standard InChI is InChI=1S/C8H13F3N2O2S.C6H13NOS.C6H13NS.CH4/c1-16(15,6-3-2-4-12-5-6)13-7(14)8(9,10)11;1-9(8)6-3-2-4-7-5-6;1-8-6-3-2-4-7-5-6;/h6,12H,2-5H2,1H3;6-7H,2-5H2,1H3;6-7H,2-5H2,1H3;1H4. The zero-order valence-electron chi connectivity index (χ0n) is 19.7. The maximum atomic E-state index is 12.0. The second-order valence-corrected chi connectivity index (χ2v) is 13.8. The van der Waals surface area contributed by atoms with Crippen LogP contribution in [0.3, 0.4) is 0 Å². The van der Waals surface area contributed by atoms with Gasteiger partial charge in [-0.3, -0.25) is 9.00 Å². The van der Waals surface area contributed by atoms with Crippen molar-refractivity contribution in [3.05, 3.63) is 0 Å². The Morgan fingerprint density at radius 3 is 1.85 bits per heavy atom. The van der Waals surface area contributed by atoms with Gasteiger partial charge in [0.05, 0.1) is 15.0 Å². The Hall–Kier alpha value is -0.210. The van der Waals surface area contributed by atoms with Crippen molar-refractivity contribution in [1.82, 2.24) is 16.0 Å². The van der Waals surface area contributed by atoms with E-state index in [-0.39, 0.29) is 7.43 Å². The number of nitrogens with one attached hydrogen (secondary N) is 3. The van der Waals surface area contributed by atoms with E-state index < -0.39 is 37.9 Å². The van der Waals surface area contributed by atoms with Gasteiger partial charge in [-0.2, -0.15) is 29.3 Å². The van der Waals surface area contributed by atoms with E-state index >= 15 is 0 Å². The van der Waals surface area contributed by atoms with E-state index in [4.69, 9.17) is 0 Å². The van der Waals surface area contributed by atoms with Crippen molar-refractivity contribution in [3.63, 3.8) is 0 Å². The van der Waals surface area contributed by atoms with Crippen LogP contribution in [0, 0.1) is 0 Å². The largest absolute Gasteiger partial charge is 0.474 e. The fourth-order valence-corrected chi connectivity index (χ4v) is 6.76. The number of rotatable bonds is 3. The molecular formula is C21H43F3N4O3S3. The summed E-state index contributed by atoms with van der Waals surface area (Å²) in [6, 6.07) is 0. The second-order valence-electron chi connectivity index (χ2n) is 8.39. The summed E-state index contributed by atoms with van der Waals surface area (Å²) < 4.78 is 61.5. The summed E-state index contributed by atoms with van der Waals surface area (Å²) in [4.78, 5) is 10.6. The fourth-order valence-electron chi connectivity index (χ4n) is 3.61. The molecule has 3 fully saturated rings. The smallest absolute Gasteiger partial charge is 0.316 e. The lowest BCUT2D eigenvalue weighted by Gasteiger charge is -2.23. The fraction of sp³-hybridized carbons (Fsp3) is 0.952. The highest BCUT2D eigenvalue weighted by Gasteiger charge is 2.40. The zero-order valence-corrected chi connectivity index (χ0v) is 22.2. The molecule has 0 spiro atoms. The van der Waals surface area contributed by atoms with E-state index in [1.54, 1.807) is 6.26 Å². The summed E-state index contributed by atoms with van der Waals surface area (Å²) >= 11 is 1.98. The van der Waals surface area contributed by atoms with Gasteiger partial charge in [-0.05, 0) is 64.4 Å². The van der Waals surface area contributed by atoms with Crippen molar-refractivity contribution in [2.24, 2.45) is 4.36 Å². The topological polar surface area (TPSA) is 99.7 Å². The minimum atomic E-state index is -5.04. The van der Waals surface area contributed by atoms with Crippen LogP contribution in [0.4, 0.5) is 13.2 Å². The van der Waals surface area contributed by atoms with Crippen molar-refractivity contribution in [2.75, 3.05) is 58.0 Å². The normalized spacial score (nSPS) is 27.8. The van der Waals surface area contributed by atoms with Crippen LogP contribution in [0.15, 0.2) is 4.36 Å². The van der Waals surface area contributed by atoms with E-state index in [1.165, 1.54) is 32.4 Å². The number of halogens is 3. The number of hydrogen-bond donors (Lipinski definition) is 3. The average molecular weight is 553 g/mol. The maximum Gasteiger partial charge on any atom is 0.474 e. The van der Waals surface area contributed by atoms with E-state index in [9.17, 15) is 26.4 Å². The highest BCUT2D eigenvalue weighted by atomic mass is 32.2. The molecule has 3 rings (SSSR count). The van der Waals surface area contributed by atoms with Gasteiger partial charge < -0.3 is 16.0 Å². The summed E-state index contributed by atoms with van der Waals surface area (Å²) in [6.45, 7) is 5.60. The molecule has 13 heteroatoms. The zero-order chi connectivity index (χ0) is 24.9. The van der Waals surface area contributed by atoms with Crippen LogP contribution in [-0.2, 0) is 25.3 Å². The van der Waals surface area contributed by atoms with Gasteiger partial charge >= 0.3 is 12.1 Å². The van der Waals surface area contributed by atoms with Crippen molar-refractivity contribution in [3.8, 4) is 0 Å². The Labute approximate surface area is 210 Å². The molecule has 0 aliphatic carbocycles. The molecule has 34 heavy (non-hydrogen) atoms. The molecule has 7 nitrogen and oxygen atoms in total. The third-order valence-electron chi connectivity index (χ3n) is 5.68. The van der Waals surface area contributed by atoms with Crippen LogP contribution in [0.2, 0.25) is 0 Å². The van der Waals surface area contributed by atoms with Crippen LogP contribution >= 0.6 is 11.8 Å². The molecule has 0 aromatic rings. The second kappa shape index (κ2) is 17.3. The monoisotopic (exact) mass is 552 g/mol. The predicted molar refractivity (Wildman–Crippen MR) is 140 cm³/mol. The number of piperidine rings is 3. The number of carbonyl (C=O) groups is 1. The third-order valence-corrected chi connectivity index (χ3v) is 10.3. The van der Waals surface area contributed by atoms with Gasteiger partial charge in [-0.25, -0.2) is 4.21 Å². The Kier molecular flexibility index (Phi) is 17.2. The maximum absolute atomic E-state index is 12.0. The lowest BCUT2D eigenvalue weighted by Crippen LogP contribution is -2.39. The van der Waals surface area contributed by atoms with E-state index in [0.717, 1.165) is 44.0 Å². The molecule has 0 aromatic carbocycles. The van der Waals surface area contributed by atoms with E-state index in [0.29, 0.717) is 18.2 Å². The van der Waals surface area contributed by atoms with Crippen molar-refractivity contribution >= 4 is 38.2 Å². The quantitative estimate of drug-likeness (QED) is 0.495. The number of carbonyl (C=O) groups excluding carboxylic acids is 1. The first-order valence-electron chi connectivity index (χ1n) is 11.3.